The first-order valence-electron chi connectivity index (χ1n) is 6.80. The first-order chi connectivity index (χ1) is 9.72. The van der Waals surface area contributed by atoms with E-state index in [1.807, 2.05) is 0 Å². The van der Waals surface area contributed by atoms with Crippen molar-refractivity contribution < 1.29 is 18.7 Å². The van der Waals surface area contributed by atoms with Crippen LogP contribution in [0.5, 0.6) is 0 Å². The molecule has 2 rings (SSSR count). The zero-order valence-corrected chi connectivity index (χ0v) is 11.6. The second kappa shape index (κ2) is 7.09. The summed E-state index contributed by atoms with van der Waals surface area (Å²) in [7, 11) is 1.60. The van der Waals surface area contributed by atoms with Crippen LogP contribution in [0, 0.1) is 5.92 Å². The van der Waals surface area contributed by atoms with Crippen molar-refractivity contribution in [3.63, 3.8) is 0 Å². The number of likely N-dealkylation sites (tertiary alicyclic amines) is 1. The SMILES string of the molecule is COCCNC(=O)C1CCCN(C(=O)c2ccoc2)C1. The standard InChI is InChI=1S/C14H20N2O4/c1-19-8-5-15-13(17)11-3-2-6-16(9-11)14(18)12-4-7-20-10-12/h4,7,10-11H,2-3,5-6,8-9H2,1H3,(H,15,17). The molecular formula is C14H20N2O4. The minimum absolute atomic E-state index is 0.00764. The minimum Gasteiger partial charge on any atom is -0.472 e. The molecule has 2 amide bonds. The Morgan fingerprint density at radius 3 is 3.10 bits per heavy atom. The van der Waals surface area contributed by atoms with Crippen molar-refractivity contribution in [3.05, 3.63) is 24.2 Å². The van der Waals surface area contributed by atoms with Crippen LogP contribution >= 0.6 is 0 Å². The van der Waals surface area contributed by atoms with E-state index >= 15 is 0 Å². The van der Waals surface area contributed by atoms with Gasteiger partial charge in [0.2, 0.25) is 5.91 Å². The van der Waals surface area contributed by atoms with Crippen LogP contribution in [0.2, 0.25) is 0 Å². The molecule has 6 nitrogen and oxygen atoms in total. The van der Waals surface area contributed by atoms with Gasteiger partial charge in [-0.15, -0.1) is 0 Å². The largest absolute Gasteiger partial charge is 0.472 e. The summed E-state index contributed by atoms with van der Waals surface area (Å²) in [4.78, 5) is 25.9. The Morgan fingerprint density at radius 2 is 2.40 bits per heavy atom. The van der Waals surface area contributed by atoms with Crippen LogP contribution in [0.15, 0.2) is 23.0 Å². The smallest absolute Gasteiger partial charge is 0.257 e. The van der Waals surface area contributed by atoms with Crippen LogP contribution in [-0.4, -0.2) is 50.1 Å². The molecule has 1 unspecified atom stereocenters. The Labute approximate surface area is 118 Å². The Balaban J connectivity index is 1.88. The monoisotopic (exact) mass is 280 g/mol. The quantitative estimate of drug-likeness (QED) is 0.813. The first kappa shape index (κ1) is 14.6. The molecule has 6 heteroatoms. The van der Waals surface area contributed by atoms with Gasteiger partial charge in [-0.05, 0) is 18.9 Å². The van der Waals surface area contributed by atoms with E-state index in [0.29, 0.717) is 31.8 Å². The summed E-state index contributed by atoms with van der Waals surface area (Å²) >= 11 is 0. The molecule has 2 heterocycles. The molecular weight excluding hydrogens is 260 g/mol. The van der Waals surface area contributed by atoms with Crippen molar-refractivity contribution in [2.45, 2.75) is 12.8 Å². The van der Waals surface area contributed by atoms with E-state index < -0.39 is 0 Å². The molecule has 1 aliphatic rings. The van der Waals surface area contributed by atoms with E-state index in [4.69, 9.17) is 9.15 Å². The number of carbonyl (C=O) groups is 2. The van der Waals surface area contributed by atoms with E-state index in [1.165, 1.54) is 12.5 Å². The van der Waals surface area contributed by atoms with Gasteiger partial charge < -0.3 is 19.4 Å². The third-order valence-electron chi connectivity index (χ3n) is 3.45. The fourth-order valence-corrected chi connectivity index (χ4v) is 2.36. The topological polar surface area (TPSA) is 71.8 Å². The van der Waals surface area contributed by atoms with Gasteiger partial charge in [-0.2, -0.15) is 0 Å². The molecule has 1 aromatic heterocycles. The number of nitrogens with zero attached hydrogens (tertiary/aromatic N) is 1. The van der Waals surface area contributed by atoms with E-state index in [1.54, 1.807) is 18.1 Å². The van der Waals surface area contributed by atoms with Crippen molar-refractivity contribution in [2.24, 2.45) is 5.92 Å². The Bertz CT molecular complexity index is 444. The molecule has 1 aliphatic heterocycles. The molecule has 20 heavy (non-hydrogen) atoms. The molecule has 1 aromatic rings. The molecule has 0 aromatic carbocycles. The first-order valence-corrected chi connectivity index (χ1v) is 6.80. The second-order valence-corrected chi connectivity index (χ2v) is 4.89. The molecule has 0 aliphatic carbocycles. The van der Waals surface area contributed by atoms with Crippen LogP contribution in [0.4, 0.5) is 0 Å². The predicted octanol–water partition coefficient (Wildman–Crippen LogP) is 0.894. The summed E-state index contributed by atoms with van der Waals surface area (Å²) < 4.78 is 9.82. The number of hydrogen-bond donors (Lipinski definition) is 1. The number of methoxy groups -OCH3 is 1. The lowest BCUT2D eigenvalue weighted by Crippen LogP contribution is -2.45. The summed E-state index contributed by atoms with van der Waals surface area (Å²) in [5, 5.41) is 2.83. The summed E-state index contributed by atoms with van der Waals surface area (Å²) in [5.41, 5.74) is 0.533. The maximum atomic E-state index is 12.2. The van der Waals surface area contributed by atoms with Gasteiger partial charge in [-0.1, -0.05) is 0 Å². The second-order valence-electron chi connectivity index (χ2n) is 4.89. The lowest BCUT2D eigenvalue weighted by atomic mass is 9.96. The van der Waals surface area contributed by atoms with Gasteiger partial charge in [-0.3, -0.25) is 9.59 Å². The van der Waals surface area contributed by atoms with Gasteiger partial charge in [0.1, 0.15) is 6.26 Å². The van der Waals surface area contributed by atoms with Gasteiger partial charge in [-0.25, -0.2) is 0 Å². The van der Waals surface area contributed by atoms with Gasteiger partial charge in [0.05, 0.1) is 24.4 Å². The normalized spacial score (nSPS) is 18.9. The summed E-state index contributed by atoms with van der Waals surface area (Å²) in [6.45, 7) is 2.15. The van der Waals surface area contributed by atoms with Crippen molar-refractivity contribution in [1.82, 2.24) is 10.2 Å². The minimum atomic E-state index is -0.142. The van der Waals surface area contributed by atoms with Crippen molar-refractivity contribution >= 4 is 11.8 Å². The average molecular weight is 280 g/mol. The van der Waals surface area contributed by atoms with E-state index in [2.05, 4.69) is 5.32 Å². The van der Waals surface area contributed by atoms with Crippen LogP contribution in [0.3, 0.4) is 0 Å². The Hall–Kier alpha value is -1.82. The van der Waals surface area contributed by atoms with Gasteiger partial charge in [0.15, 0.2) is 0 Å². The lowest BCUT2D eigenvalue weighted by molar-refractivity contribution is -0.126. The highest BCUT2D eigenvalue weighted by Crippen LogP contribution is 2.19. The number of nitrogens with one attached hydrogen (secondary N) is 1. The van der Waals surface area contributed by atoms with Gasteiger partial charge in [0.25, 0.3) is 5.91 Å². The Morgan fingerprint density at radius 1 is 1.55 bits per heavy atom. The van der Waals surface area contributed by atoms with Crippen molar-refractivity contribution in [1.29, 1.82) is 0 Å². The third-order valence-corrected chi connectivity index (χ3v) is 3.45. The fourth-order valence-electron chi connectivity index (χ4n) is 2.36. The number of ether oxygens (including phenoxy) is 1. The number of amides is 2. The predicted molar refractivity (Wildman–Crippen MR) is 72.2 cm³/mol. The van der Waals surface area contributed by atoms with Gasteiger partial charge in [0, 0.05) is 26.7 Å². The lowest BCUT2D eigenvalue weighted by Gasteiger charge is -2.31. The maximum absolute atomic E-state index is 12.2. The highest BCUT2D eigenvalue weighted by Gasteiger charge is 2.28. The molecule has 1 fully saturated rings. The third kappa shape index (κ3) is 3.60. The summed E-state index contributed by atoms with van der Waals surface area (Å²) in [6.07, 6.45) is 4.57. The summed E-state index contributed by atoms with van der Waals surface area (Å²) in [6, 6.07) is 1.64. The molecule has 0 spiro atoms. The summed E-state index contributed by atoms with van der Waals surface area (Å²) in [5.74, 6) is -0.226. The number of rotatable bonds is 5. The van der Waals surface area contributed by atoms with E-state index in [-0.39, 0.29) is 17.7 Å². The molecule has 1 N–H and O–H groups in total. The number of piperidine rings is 1. The van der Waals surface area contributed by atoms with E-state index in [9.17, 15) is 9.59 Å². The van der Waals surface area contributed by atoms with Crippen molar-refractivity contribution in [2.75, 3.05) is 33.4 Å². The molecule has 1 atom stereocenters. The zero-order valence-electron chi connectivity index (χ0n) is 11.6. The number of hydrogen-bond acceptors (Lipinski definition) is 4. The molecule has 110 valence electrons. The molecule has 1 saturated heterocycles. The highest BCUT2D eigenvalue weighted by atomic mass is 16.5. The molecule has 0 radical (unpaired) electrons. The zero-order chi connectivity index (χ0) is 14.4. The van der Waals surface area contributed by atoms with Crippen LogP contribution in [0.1, 0.15) is 23.2 Å². The number of furan rings is 1. The highest BCUT2D eigenvalue weighted by molar-refractivity contribution is 5.94. The maximum Gasteiger partial charge on any atom is 0.257 e. The average Bonchev–Trinajstić information content (AvgIpc) is 3.01. The number of carbonyl (C=O) groups excluding carboxylic acids is 2. The fraction of sp³-hybridized carbons (Fsp3) is 0.571. The van der Waals surface area contributed by atoms with Crippen molar-refractivity contribution in [3.8, 4) is 0 Å². The van der Waals surface area contributed by atoms with E-state index in [0.717, 1.165) is 12.8 Å². The molecule has 0 saturated carbocycles. The van der Waals surface area contributed by atoms with Crippen LogP contribution < -0.4 is 5.32 Å². The Kier molecular flexibility index (Phi) is 5.17. The van der Waals surface area contributed by atoms with Crippen LogP contribution in [0.25, 0.3) is 0 Å². The van der Waals surface area contributed by atoms with Gasteiger partial charge >= 0.3 is 0 Å². The molecule has 0 bridgehead atoms. The van der Waals surface area contributed by atoms with Crippen LogP contribution in [-0.2, 0) is 9.53 Å².